The Morgan fingerprint density at radius 3 is 2.60 bits per heavy atom. The number of aliphatic hydroxyl groups excluding tert-OH is 1. The van der Waals surface area contributed by atoms with E-state index in [-0.39, 0.29) is 29.4 Å². The van der Waals surface area contributed by atoms with Gasteiger partial charge in [0.1, 0.15) is 5.82 Å². The van der Waals surface area contributed by atoms with Crippen molar-refractivity contribution in [2.24, 2.45) is 4.99 Å². The van der Waals surface area contributed by atoms with Crippen molar-refractivity contribution in [2.45, 2.75) is 13.0 Å². The van der Waals surface area contributed by atoms with Crippen LogP contribution < -0.4 is 4.80 Å². The predicted octanol–water partition coefficient (Wildman–Crippen LogP) is 5.20. The van der Waals surface area contributed by atoms with Crippen LogP contribution in [0.2, 0.25) is 5.02 Å². The molecule has 7 heteroatoms. The number of rotatable bonds is 5. The topological polar surface area (TPSA) is 37.5 Å². The van der Waals surface area contributed by atoms with Crippen molar-refractivity contribution < 1.29 is 9.50 Å². The maximum atomic E-state index is 13.2. The van der Waals surface area contributed by atoms with Crippen LogP contribution in [-0.2, 0) is 6.54 Å². The molecule has 3 aromatic rings. The van der Waals surface area contributed by atoms with Crippen LogP contribution >= 0.6 is 39.9 Å². The Kier molecular flexibility index (Phi) is 7.38. The first-order valence-electron chi connectivity index (χ1n) is 7.53. The molecule has 132 valence electrons. The number of hydrogen-bond donors (Lipinski definition) is 1. The van der Waals surface area contributed by atoms with Gasteiger partial charge in [0.05, 0.1) is 11.4 Å². The lowest BCUT2D eigenvalue weighted by molar-refractivity contribution is 0.279. The van der Waals surface area contributed by atoms with Crippen LogP contribution in [-0.4, -0.2) is 16.3 Å². The number of halogens is 3. The molecule has 0 atom stereocenters. The Morgan fingerprint density at radius 2 is 1.92 bits per heavy atom. The first-order chi connectivity index (χ1) is 11.7. The minimum Gasteiger partial charge on any atom is -0.396 e. The second-order valence-corrected chi connectivity index (χ2v) is 6.50. The van der Waals surface area contributed by atoms with E-state index in [0.717, 1.165) is 21.7 Å². The maximum Gasteiger partial charge on any atom is 0.190 e. The van der Waals surface area contributed by atoms with Gasteiger partial charge in [-0.3, -0.25) is 0 Å². The summed E-state index contributed by atoms with van der Waals surface area (Å²) < 4.78 is 15.2. The summed E-state index contributed by atoms with van der Waals surface area (Å²) in [6.45, 7) is 0.731. The highest BCUT2D eigenvalue weighted by Gasteiger charge is 2.08. The summed E-state index contributed by atoms with van der Waals surface area (Å²) in [6.07, 6.45) is 0.619. The second kappa shape index (κ2) is 9.29. The van der Waals surface area contributed by atoms with Crippen molar-refractivity contribution >= 4 is 45.6 Å². The molecule has 0 radical (unpaired) electrons. The third kappa shape index (κ3) is 5.01. The fraction of sp³-hybridized carbons (Fsp3) is 0.167. The zero-order valence-electron chi connectivity index (χ0n) is 13.2. The van der Waals surface area contributed by atoms with Gasteiger partial charge in [0, 0.05) is 23.6 Å². The SMILES string of the molecule is Br.OCCCn1c(-c2ccc(F)cc2)csc1=Nc1cccc(Cl)c1. The van der Waals surface area contributed by atoms with Crippen molar-refractivity contribution in [2.75, 3.05) is 6.61 Å². The highest BCUT2D eigenvalue weighted by Crippen LogP contribution is 2.22. The fourth-order valence-corrected chi connectivity index (χ4v) is 3.51. The van der Waals surface area contributed by atoms with Gasteiger partial charge >= 0.3 is 0 Å². The number of thiazole rings is 1. The van der Waals surface area contributed by atoms with Crippen LogP contribution in [0.4, 0.5) is 10.1 Å². The van der Waals surface area contributed by atoms with E-state index in [1.54, 1.807) is 24.3 Å². The van der Waals surface area contributed by atoms with Gasteiger partial charge in [0.25, 0.3) is 0 Å². The zero-order chi connectivity index (χ0) is 16.9. The molecule has 0 aliphatic rings. The summed E-state index contributed by atoms with van der Waals surface area (Å²) in [4.78, 5) is 5.47. The summed E-state index contributed by atoms with van der Waals surface area (Å²) in [6, 6.07) is 13.7. The van der Waals surface area contributed by atoms with E-state index in [1.165, 1.54) is 23.5 Å². The summed E-state index contributed by atoms with van der Waals surface area (Å²) in [7, 11) is 0. The van der Waals surface area contributed by atoms with Crippen LogP contribution in [0.3, 0.4) is 0 Å². The van der Waals surface area contributed by atoms with Crippen molar-refractivity contribution in [1.29, 1.82) is 0 Å². The molecule has 0 amide bonds. The van der Waals surface area contributed by atoms with Gasteiger partial charge in [0.2, 0.25) is 0 Å². The van der Waals surface area contributed by atoms with Crippen molar-refractivity contribution in [3.8, 4) is 11.3 Å². The Balaban J connectivity index is 0.00000225. The summed E-state index contributed by atoms with van der Waals surface area (Å²) in [5.41, 5.74) is 2.64. The van der Waals surface area contributed by atoms with E-state index >= 15 is 0 Å². The third-order valence-corrected chi connectivity index (χ3v) is 4.61. The molecule has 1 N–H and O–H groups in total. The zero-order valence-corrected chi connectivity index (χ0v) is 16.5. The summed E-state index contributed by atoms with van der Waals surface area (Å²) in [5.74, 6) is -0.264. The van der Waals surface area contributed by atoms with E-state index in [1.807, 2.05) is 22.1 Å². The lowest BCUT2D eigenvalue weighted by atomic mass is 10.1. The molecule has 0 fully saturated rings. The molecule has 1 aromatic heterocycles. The summed E-state index contributed by atoms with van der Waals surface area (Å²) >= 11 is 7.52. The van der Waals surface area contributed by atoms with Crippen molar-refractivity contribution in [1.82, 2.24) is 4.57 Å². The second-order valence-electron chi connectivity index (χ2n) is 5.23. The molecular formula is C18H17BrClFN2OS. The first kappa shape index (κ1) is 19.8. The monoisotopic (exact) mass is 442 g/mol. The van der Waals surface area contributed by atoms with Crippen LogP contribution in [0, 0.1) is 5.82 Å². The van der Waals surface area contributed by atoms with Gasteiger partial charge in [-0.1, -0.05) is 17.7 Å². The van der Waals surface area contributed by atoms with Crippen LogP contribution in [0.15, 0.2) is 58.9 Å². The van der Waals surface area contributed by atoms with E-state index < -0.39 is 0 Å². The standard InChI is InChI=1S/C18H16ClFN2OS.BrH/c19-14-3-1-4-16(11-14)21-18-22(9-2-10-23)17(12-24-18)13-5-7-15(20)8-6-13;/h1,3-8,11-12,23H,2,9-10H2;1H. The fourth-order valence-electron chi connectivity index (χ4n) is 2.37. The molecular weight excluding hydrogens is 427 g/mol. The molecule has 0 aliphatic heterocycles. The first-order valence-corrected chi connectivity index (χ1v) is 8.78. The number of aromatic nitrogens is 1. The van der Waals surface area contributed by atoms with Crippen LogP contribution in [0.25, 0.3) is 11.3 Å². The van der Waals surface area contributed by atoms with Gasteiger partial charge in [-0.15, -0.1) is 28.3 Å². The minimum atomic E-state index is -0.264. The highest BCUT2D eigenvalue weighted by molar-refractivity contribution is 8.93. The molecule has 2 aromatic carbocycles. The number of benzene rings is 2. The Hall–Kier alpha value is -1.47. The Labute approximate surface area is 164 Å². The van der Waals surface area contributed by atoms with Gasteiger partial charge in [-0.05, 0) is 54.4 Å². The lowest BCUT2D eigenvalue weighted by Gasteiger charge is -2.08. The molecule has 0 spiro atoms. The minimum absolute atomic E-state index is 0. The largest absolute Gasteiger partial charge is 0.396 e. The highest BCUT2D eigenvalue weighted by atomic mass is 79.9. The van der Waals surface area contributed by atoms with E-state index in [2.05, 4.69) is 4.99 Å². The molecule has 0 saturated heterocycles. The van der Waals surface area contributed by atoms with Crippen LogP contribution in [0.5, 0.6) is 0 Å². The average Bonchev–Trinajstić information content (AvgIpc) is 2.96. The van der Waals surface area contributed by atoms with Gasteiger partial charge in [0.15, 0.2) is 4.80 Å². The van der Waals surface area contributed by atoms with E-state index in [0.29, 0.717) is 18.0 Å². The molecule has 25 heavy (non-hydrogen) atoms. The molecule has 3 rings (SSSR count). The maximum absolute atomic E-state index is 13.2. The third-order valence-electron chi connectivity index (χ3n) is 3.51. The van der Waals surface area contributed by atoms with Crippen molar-refractivity contribution in [3.05, 3.63) is 69.6 Å². The quantitative estimate of drug-likeness (QED) is 0.578. The van der Waals surface area contributed by atoms with Crippen LogP contribution in [0.1, 0.15) is 6.42 Å². The van der Waals surface area contributed by atoms with Gasteiger partial charge in [-0.2, -0.15) is 0 Å². The molecule has 3 nitrogen and oxygen atoms in total. The number of hydrogen-bond acceptors (Lipinski definition) is 3. The number of aliphatic hydroxyl groups is 1. The Morgan fingerprint density at radius 1 is 1.16 bits per heavy atom. The predicted molar refractivity (Wildman–Crippen MR) is 106 cm³/mol. The Bertz CT molecular complexity index is 893. The molecule has 0 unspecified atom stereocenters. The molecule has 0 bridgehead atoms. The van der Waals surface area contributed by atoms with Crippen molar-refractivity contribution in [3.63, 3.8) is 0 Å². The normalized spacial score (nSPS) is 11.4. The van der Waals surface area contributed by atoms with Gasteiger partial charge in [-0.25, -0.2) is 9.38 Å². The number of nitrogens with zero attached hydrogens (tertiary/aromatic N) is 2. The summed E-state index contributed by atoms with van der Waals surface area (Å²) in [5, 5.41) is 11.8. The van der Waals surface area contributed by atoms with E-state index in [4.69, 9.17) is 11.6 Å². The molecule has 0 saturated carbocycles. The lowest BCUT2D eigenvalue weighted by Crippen LogP contribution is -2.16. The van der Waals surface area contributed by atoms with Gasteiger partial charge < -0.3 is 9.67 Å². The molecule has 1 heterocycles. The average molecular weight is 444 g/mol. The van der Waals surface area contributed by atoms with E-state index in [9.17, 15) is 9.50 Å². The smallest absolute Gasteiger partial charge is 0.190 e. The molecule has 0 aliphatic carbocycles.